The van der Waals surface area contributed by atoms with E-state index in [9.17, 15) is 19.6 Å². The SMILES string of the molecule is [2H]C([2H])([2H])N1C(=O)C(C#N)=C[C@]2(C)C3=CC(=O)[C@@H]4[C@@H]5CC(C)(C)CC[C@]5(C(C)=O)CC[C@@]4(C)[C@]3(C)CC[C@@H]12. The van der Waals surface area contributed by atoms with Gasteiger partial charge in [0.05, 0.1) is 0 Å². The molecule has 0 unspecified atom stereocenters. The Bertz CT molecular complexity index is 1240. The van der Waals surface area contributed by atoms with Crippen molar-refractivity contribution in [3.8, 4) is 6.07 Å². The Morgan fingerprint density at radius 3 is 2.43 bits per heavy atom. The van der Waals surface area contributed by atoms with Crippen molar-refractivity contribution in [2.45, 2.75) is 92.5 Å². The number of ketones is 2. The molecule has 1 amide bonds. The van der Waals surface area contributed by atoms with E-state index in [1.165, 1.54) is 0 Å². The Morgan fingerprint density at radius 1 is 1.11 bits per heavy atom. The molecule has 35 heavy (non-hydrogen) atoms. The van der Waals surface area contributed by atoms with E-state index < -0.39 is 40.6 Å². The number of allylic oxidation sites excluding steroid dienone is 1. The van der Waals surface area contributed by atoms with Gasteiger partial charge in [-0.2, -0.15) is 5.26 Å². The van der Waals surface area contributed by atoms with Crippen LogP contribution in [0.15, 0.2) is 23.3 Å². The highest BCUT2D eigenvalue weighted by atomic mass is 16.2. The van der Waals surface area contributed by atoms with E-state index in [0.29, 0.717) is 12.8 Å². The smallest absolute Gasteiger partial charge is 0.264 e. The van der Waals surface area contributed by atoms with Crippen LogP contribution >= 0.6 is 0 Å². The van der Waals surface area contributed by atoms with Crippen molar-refractivity contribution in [2.75, 3.05) is 6.98 Å². The second-order valence-electron chi connectivity index (χ2n) is 13.6. The Hall–Kier alpha value is -2.22. The van der Waals surface area contributed by atoms with Crippen LogP contribution in [0.1, 0.15) is 90.6 Å². The lowest BCUT2D eigenvalue weighted by atomic mass is 9.35. The van der Waals surface area contributed by atoms with Crippen LogP contribution < -0.4 is 0 Å². The monoisotopic (exact) mass is 479 g/mol. The van der Waals surface area contributed by atoms with Gasteiger partial charge in [-0.15, -0.1) is 0 Å². The molecule has 0 aromatic rings. The molecule has 0 radical (unpaired) electrons. The zero-order valence-corrected chi connectivity index (χ0v) is 22.0. The summed E-state index contributed by atoms with van der Waals surface area (Å²) < 4.78 is 24.4. The van der Waals surface area contributed by atoms with E-state index >= 15 is 0 Å². The average molecular weight is 480 g/mol. The van der Waals surface area contributed by atoms with Crippen LogP contribution in [0.2, 0.25) is 0 Å². The fraction of sp³-hybridized carbons (Fsp3) is 0.733. The zero-order chi connectivity index (χ0) is 28.3. The minimum atomic E-state index is -2.70. The van der Waals surface area contributed by atoms with Gasteiger partial charge in [0.2, 0.25) is 0 Å². The van der Waals surface area contributed by atoms with E-state index in [2.05, 4.69) is 27.7 Å². The van der Waals surface area contributed by atoms with Gasteiger partial charge in [0.15, 0.2) is 5.78 Å². The number of fused-ring (bicyclic) bond motifs is 7. The largest absolute Gasteiger partial charge is 0.337 e. The molecule has 188 valence electrons. The van der Waals surface area contributed by atoms with Crippen molar-refractivity contribution in [2.24, 2.45) is 38.9 Å². The molecule has 3 saturated carbocycles. The highest BCUT2D eigenvalue weighted by molar-refractivity contribution is 6.00. The molecule has 0 spiro atoms. The third kappa shape index (κ3) is 2.89. The van der Waals surface area contributed by atoms with Crippen molar-refractivity contribution in [3.63, 3.8) is 0 Å². The van der Waals surface area contributed by atoms with Crippen molar-refractivity contribution in [1.29, 1.82) is 5.26 Å². The summed E-state index contributed by atoms with van der Waals surface area (Å²) in [5, 5.41) is 9.79. The minimum absolute atomic E-state index is 0.0131. The van der Waals surface area contributed by atoms with E-state index in [0.717, 1.165) is 42.6 Å². The highest BCUT2D eigenvalue weighted by Crippen LogP contribution is 2.72. The molecular formula is C30H40N2O3. The van der Waals surface area contributed by atoms with Gasteiger partial charge in [-0.1, -0.05) is 34.6 Å². The molecule has 0 aromatic carbocycles. The van der Waals surface area contributed by atoms with Gasteiger partial charge in [-0.3, -0.25) is 14.4 Å². The second kappa shape index (κ2) is 7.17. The summed E-state index contributed by atoms with van der Waals surface area (Å²) in [6.07, 6.45) is 8.58. The van der Waals surface area contributed by atoms with Crippen LogP contribution in [-0.4, -0.2) is 35.4 Å². The number of carbonyl (C=O) groups is 3. The third-order valence-corrected chi connectivity index (χ3v) is 11.6. The van der Waals surface area contributed by atoms with Crippen molar-refractivity contribution < 1.29 is 18.5 Å². The minimum Gasteiger partial charge on any atom is -0.337 e. The summed E-state index contributed by atoms with van der Waals surface area (Å²) >= 11 is 0. The lowest BCUT2D eigenvalue weighted by Crippen LogP contribution is -2.66. The Balaban J connectivity index is 1.70. The Morgan fingerprint density at radius 2 is 1.80 bits per heavy atom. The van der Waals surface area contributed by atoms with Gasteiger partial charge in [0.25, 0.3) is 5.91 Å². The predicted molar refractivity (Wildman–Crippen MR) is 134 cm³/mol. The standard InChI is InChI=1S/C30H40N2O3/c1-18(33)30-12-10-26(2,3)16-20(30)24-21(34)14-22-27(4)15-19(17-31)25(35)32(7)23(27)8-9-28(22,5)29(24,6)11-13-30/h14-15,20,23-24H,8-13,16H2,1-7H3/t20-,23+,24-,27+,28+,29+,30+/m0/s1/i7D3. The first-order valence-corrected chi connectivity index (χ1v) is 13.1. The van der Waals surface area contributed by atoms with Crippen LogP contribution in [-0.2, 0) is 14.4 Å². The van der Waals surface area contributed by atoms with Crippen molar-refractivity contribution in [1.82, 2.24) is 4.90 Å². The summed E-state index contributed by atoms with van der Waals surface area (Å²) in [4.78, 5) is 41.5. The van der Waals surface area contributed by atoms with Crippen LogP contribution in [0.5, 0.6) is 0 Å². The summed E-state index contributed by atoms with van der Waals surface area (Å²) in [7, 11) is 0. The topological polar surface area (TPSA) is 78.2 Å². The van der Waals surface area contributed by atoms with Crippen LogP contribution in [0, 0.1) is 50.2 Å². The molecule has 5 nitrogen and oxygen atoms in total. The van der Waals surface area contributed by atoms with Gasteiger partial charge >= 0.3 is 0 Å². The number of carbonyl (C=O) groups excluding carboxylic acids is 3. The summed E-state index contributed by atoms with van der Waals surface area (Å²) in [6, 6.07) is 1.27. The maximum Gasteiger partial charge on any atom is 0.264 e. The molecule has 5 aliphatic rings. The second-order valence-corrected chi connectivity index (χ2v) is 13.6. The number of nitrogens with zero attached hydrogens (tertiary/aromatic N) is 2. The molecule has 4 aliphatic carbocycles. The van der Waals surface area contributed by atoms with Crippen molar-refractivity contribution in [3.05, 3.63) is 23.3 Å². The molecule has 5 heteroatoms. The Labute approximate surface area is 214 Å². The van der Waals surface area contributed by atoms with Gasteiger partial charge in [0.1, 0.15) is 17.4 Å². The first kappa shape index (κ1) is 20.9. The maximum atomic E-state index is 14.3. The number of Topliss-reactive ketones (excluding diaryl/α,β-unsaturated/α-hetero) is 1. The third-order valence-electron chi connectivity index (χ3n) is 11.6. The molecule has 0 aromatic heterocycles. The molecule has 1 heterocycles. The fourth-order valence-electron chi connectivity index (χ4n) is 9.27. The highest BCUT2D eigenvalue weighted by Gasteiger charge is 2.69. The van der Waals surface area contributed by atoms with Gasteiger partial charge in [-0.05, 0) is 91.8 Å². The van der Waals surface area contributed by atoms with E-state index in [1.807, 2.05) is 13.0 Å². The molecule has 0 saturated heterocycles. The molecule has 7 atom stereocenters. The number of amides is 1. The zero-order valence-electron chi connectivity index (χ0n) is 25.0. The number of hydrogen-bond acceptors (Lipinski definition) is 4. The fourth-order valence-corrected chi connectivity index (χ4v) is 9.27. The summed E-state index contributed by atoms with van der Waals surface area (Å²) in [5.74, 6) is -0.883. The van der Waals surface area contributed by atoms with Gasteiger partial charge in [0, 0.05) is 33.9 Å². The summed E-state index contributed by atoms with van der Waals surface area (Å²) in [5.41, 5.74) is -1.59. The quantitative estimate of drug-likeness (QED) is 0.504. The average Bonchev–Trinajstić information content (AvgIpc) is 2.79. The normalized spacial score (nSPS) is 47.9. The van der Waals surface area contributed by atoms with E-state index in [4.69, 9.17) is 4.11 Å². The van der Waals surface area contributed by atoms with E-state index in [1.54, 1.807) is 19.1 Å². The summed E-state index contributed by atoms with van der Waals surface area (Å²) in [6.45, 7) is 9.79. The lowest BCUT2D eigenvalue weighted by Gasteiger charge is -2.68. The first-order valence-electron chi connectivity index (χ1n) is 14.6. The van der Waals surface area contributed by atoms with Gasteiger partial charge in [-0.25, -0.2) is 0 Å². The van der Waals surface area contributed by atoms with Gasteiger partial charge < -0.3 is 4.90 Å². The Kier molecular flexibility index (Phi) is 4.29. The van der Waals surface area contributed by atoms with E-state index in [-0.39, 0.29) is 34.4 Å². The van der Waals surface area contributed by atoms with Crippen LogP contribution in [0.4, 0.5) is 0 Å². The van der Waals surface area contributed by atoms with Crippen LogP contribution in [0.25, 0.3) is 0 Å². The van der Waals surface area contributed by atoms with Crippen molar-refractivity contribution >= 4 is 17.5 Å². The number of likely N-dealkylation sites (N-methyl/N-ethyl adjacent to an activating group) is 1. The molecule has 5 rings (SSSR count). The first-order chi connectivity index (χ1) is 17.4. The lowest BCUT2D eigenvalue weighted by molar-refractivity contribution is -0.175. The maximum absolute atomic E-state index is 14.3. The predicted octanol–water partition coefficient (Wildman–Crippen LogP) is 5.41. The molecule has 0 bridgehead atoms. The molecule has 1 aliphatic heterocycles. The number of rotatable bonds is 1. The molecular weight excluding hydrogens is 436 g/mol. The number of hydrogen-bond donors (Lipinski definition) is 0. The number of nitriles is 1. The molecule has 0 N–H and O–H groups in total. The van der Waals surface area contributed by atoms with Crippen LogP contribution in [0.3, 0.4) is 0 Å². The molecule has 3 fully saturated rings.